The zero-order valence-corrected chi connectivity index (χ0v) is 16.0. The number of thiazole rings is 1. The number of nitrogens with one attached hydrogen (secondary N) is 2. The Bertz CT molecular complexity index is 877. The van der Waals surface area contributed by atoms with E-state index in [2.05, 4.69) is 30.5 Å². The van der Waals surface area contributed by atoms with Crippen LogP contribution in [0.3, 0.4) is 0 Å². The number of hydrogen-bond donors (Lipinski definition) is 2. The summed E-state index contributed by atoms with van der Waals surface area (Å²) in [5.41, 5.74) is 1.60. The summed E-state index contributed by atoms with van der Waals surface area (Å²) in [4.78, 5) is 15.8. The average Bonchev–Trinajstić information content (AvgIpc) is 3.07. The Labute approximate surface area is 161 Å². The molecule has 8 heteroatoms. The SMILES string of the molecule is Clc1cccc(Nc2ncnc3nc(NCCN4CCCCC4)sc23)c1. The quantitative estimate of drug-likeness (QED) is 0.653. The molecular formula is C18H21ClN6S. The van der Waals surface area contributed by atoms with E-state index in [1.807, 2.05) is 24.3 Å². The topological polar surface area (TPSA) is 66.0 Å². The number of fused-ring (bicyclic) bond motifs is 1. The summed E-state index contributed by atoms with van der Waals surface area (Å²) < 4.78 is 0.938. The molecule has 1 aliphatic heterocycles. The molecule has 3 heterocycles. The third kappa shape index (κ3) is 4.23. The molecule has 0 bridgehead atoms. The number of halogens is 1. The standard InChI is InChI=1S/C18H21ClN6S/c19-13-5-4-6-14(11-13)23-16-15-17(22-12-21-16)24-18(26-15)20-7-10-25-8-2-1-3-9-25/h4-6,11-12H,1-3,7-10H2,(H2,20,21,22,23,24). The highest BCUT2D eigenvalue weighted by Gasteiger charge is 2.12. The number of aromatic nitrogens is 3. The summed E-state index contributed by atoms with van der Waals surface area (Å²) in [5.74, 6) is 0.749. The van der Waals surface area contributed by atoms with Crippen LogP contribution >= 0.6 is 22.9 Å². The first-order chi connectivity index (χ1) is 12.8. The maximum atomic E-state index is 6.06. The van der Waals surface area contributed by atoms with Crippen LogP contribution in [0.4, 0.5) is 16.6 Å². The second-order valence-electron chi connectivity index (χ2n) is 6.36. The van der Waals surface area contributed by atoms with Crippen molar-refractivity contribution >= 4 is 49.9 Å². The minimum absolute atomic E-state index is 0.685. The summed E-state index contributed by atoms with van der Waals surface area (Å²) in [6.45, 7) is 4.36. The summed E-state index contributed by atoms with van der Waals surface area (Å²) in [5, 5.41) is 8.30. The van der Waals surface area contributed by atoms with Gasteiger partial charge in [-0.05, 0) is 44.1 Å². The molecule has 0 unspecified atom stereocenters. The van der Waals surface area contributed by atoms with E-state index in [-0.39, 0.29) is 0 Å². The molecule has 1 aliphatic rings. The van der Waals surface area contributed by atoms with Gasteiger partial charge in [-0.3, -0.25) is 0 Å². The van der Waals surface area contributed by atoms with Gasteiger partial charge in [0, 0.05) is 23.8 Å². The van der Waals surface area contributed by atoms with Crippen molar-refractivity contribution in [3.05, 3.63) is 35.6 Å². The van der Waals surface area contributed by atoms with Gasteiger partial charge in [-0.2, -0.15) is 4.98 Å². The first-order valence-corrected chi connectivity index (χ1v) is 10.1. The number of piperidine rings is 1. The van der Waals surface area contributed by atoms with Crippen molar-refractivity contribution in [2.24, 2.45) is 0 Å². The van der Waals surface area contributed by atoms with Crippen LogP contribution in [-0.4, -0.2) is 46.0 Å². The van der Waals surface area contributed by atoms with E-state index in [1.165, 1.54) is 38.7 Å². The van der Waals surface area contributed by atoms with Gasteiger partial charge in [0.05, 0.1) is 0 Å². The molecule has 0 spiro atoms. The molecule has 0 atom stereocenters. The van der Waals surface area contributed by atoms with Crippen LogP contribution < -0.4 is 10.6 Å². The van der Waals surface area contributed by atoms with Crippen molar-refractivity contribution in [2.45, 2.75) is 19.3 Å². The van der Waals surface area contributed by atoms with Crippen LogP contribution in [0.5, 0.6) is 0 Å². The fourth-order valence-electron chi connectivity index (χ4n) is 3.13. The van der Waals surface area contributed by atoms with Gasteiger partial charge >= 0.3 is 0 Å². The number of likely N-dealkylation sites (tertiary alicyclic amines) is 1. The van der Waals surface area contributed by atoms with Crippen molar-refractivity contribution in [3.63, 3.8) is 0 Å². The Morgan fingerprint density at radius 2 is 2.04 bits per heavy atom. The Morgan fingerprint density at radius 1 is 1.15 bits per heavy atom. The second-order valence-corrected chi connectivity index (χ2v) is 7.79. The van der Waals surface area contributed by atoms with Crippen LogP contribution in [0.1, 0.15) is 19.3 Å². The molecule has 4 rings (SSSR count). The number of anilines is 3. The van der Waals surface area contributed by atoms with Crippen molar-refractivity contribution in [1.29, 1.82) is 0 Å². The highest BCUT2D eigenvalue weighted by atomic mass is 35.5. The highest BCUT2D eigenvalue weighted by Crippen LogP contribution is 2.31. The van der Waals surface area contributed by atoms with Crippen molar-refractivity contribution in [2.75, 3.05) is 36.8 Å². The molecule has 0 radical (unpaired) electrons. The predicted octanol–water partition coefficient (Wildman–Crippen LogP) is 4.38. The molecular weight excluding hydrogens is 368 g/mol. The van der Waals surface area contributed by atoms with Gasteiger partial charge in [0.1, 0.15) is 11.0 Å². The summed E-state index contributed by atoms with van der Waals surface area (Å²) in [6, 6.07) is 7.58. The van der Waals surface area contributed by atoms with Gasteiger partial charge in [-0.25, -0.2) is 9.97 Å². The lowest BCUT2D eigenvalue weighted by Gasteiger charge is -2.26. The molecule has 1 saturated heterocycles. The summed E-state index contributed by atoms with van der Waals surface area (Å²) >= 11 is 7.63. The van der Waals surface area contributed by atoms with E-state index in [4.69, 9.17) is 11.6 Å². The van der Waals surface area contributed by atoms with Crippen LogP contribution in [0, 0.1) is 0 Å². The monoisotopic (exact) mass is 388 g/mol. The van der Waals surface area contributed by atoms with Gasteiger partial charge in [0.25, 0.3) is 0 Å². The Hall–Kier alpha value is -1.96. The van der Waals surface area contributed by atoms with Crippen LogP contribution in [0.25, 0.3) is 10.3 Å². The van der Waals surface area contributed by atoms with E-state index in [9.17, 15) is 0 Å². The van der Waals surface area contributed by atoms with Crippen LogP contribution in [-0.2, 0) is 0 Å². The molecule has 3 aromatic rings. The first kappa shape index (κ1) is 17.5. The lowest BCUT2D eigenvalue weighted by atomic mass is 10.1. The van der Waals surface area contributed by atoms with Crippen molar-refractivity contribution < 1.29 is 0 Å². The van der Waals surface area contributed by atoms with Gasteiger partial charge < -0.3 is 15.5 Å². The number of nitrogens with zero attached hydrogens (tertiary/aromatic N) is 4. The average molecular weight is 389 g/mol. The molecule has 0 amide bonds. The second kappa shape index (κ2) is 8.16. The molecule has 0 aliphatic carbocycles. The lowest BCUT2D eigenvalue weighted by molar-refractivity contribution is 0.237. The maximum Gasteiger partial charge on any atom is 0.185 e. The van der Waals surface area contributed by atoms with Crippen molar-refractivity contribution in [3.8, 4) is 0 Å². The van der Waals surface area contributed by atoms with Gasteiger partial charge in [0.15, 0.2) is 16.6 Å². The Morgan fingerprint density at radius 3 is 2.88 bits per heavy atom. The zero-order chi connectivity index (χ0) is 17.8. The minimum atomic E-state index is 0.685. The predicted molar refractivity (Wildman–Crippen MR) is 109 cm³/mol. The number of benzene rings is 1. The summed E-state index contributed by atoms with van der Waals surface area (Å²) in [6.07, 6.45) is 5.53. The normalized spacial score (nSPS) is 15.3. The fraction of sp³-hybridized carbons (Fsp3) is 0.389. The Kier molecular flexibility index (Phi) is 5.48. The molecule has 2 aromatic heterocycles. The van der Waals surface area contributed by atoms with E-state index in [0.29, 0.717) is 10.7 Å². The highest BCUT2D eigenvalue weighted by molar-refractivity contribution is 7.22. The number of rotatable bonds is 6. The molecule has 1 fully saturated rings. The first-order valence-electron chi connectivity index (χ1n) is 8.88. The van der Waals surface area contributed by atoms with E-state index < -0.39 is 0 Å². The fourth-order valence-corrected chi connectivity index (χ4v) is 4.21. The Balaban J connectivity index is 1.44. The number of hydrogen-bond acceptors (Lipinski definition) is 7. The lowest BCUT2D eigenvalue weighted by Crippen LogP contribution is -2.33. The molecule has 26 heavy (non-hydrogen) atoms. The molecule has 2 N–H and O–H groups in total. The van der Waals surface area contributed by atoms with Gasteiger partial charge in [0.2, 0.25) is 0 Å². The zero-order valence-electron chi connectivity index (χ0n) is 14.4. The van der Waals surface area contributed by atoms with E-state index >= 15 is 0 Å². The van der Waals surface area contributed by atoms with Gasteiger partial charge in [-0.1, -0.05) is 35.4 Å². The van der Waals surface area contributed by atoms with Gasteiger partial charge in [-0.15, -0.1) is 0 Å². The molecule has 1 aromatic carbocycles. The molecule has 136 valence electrons. The third-order valence-electron chi connectivity index (χ3n) is 4.43. The van der Waals surface area contributed by atoms with Crippen molar-refractivity contribution in [1.82, 2.24) is 19.9 Å². The van der Waals surface area contributed by atoms with Crippen LogP contribution in [0.2, 0.25) is 5.02 Å². The largest absolute Gasteiger partial charge is 0.360 e. The molecule has 0 saturated carbocycles. The van der Waals surface area contributed by atoms with E-state index in [0.717, 1.165) is 34.4 Å². The maximum absolute atomic E-state index is 6.06. The summed E-state index contributed by atoms with van der Waals surface area (Å²) in [7, 11) is 0. The van der Waals surface area contributed by atoms with Crippen LogP contribution in [0.15, 0.2) is 30.6 Å². The smallest absolute Gasteiger partial charge is 0.185 e. The third-order valence-corrected chi connectivity index (χ3v) is 5.68. The van der Waals surface area contributed by atoms with E-state index in [1.54, 1.807) is 11.3 Å². The molecule has 6 nitrogen and oxygen atoms in total. The minimum Gasteiger partial charge on any atom is -0.360 e.